The Bertz CT molecular complexity index is 946. The molecule has 3 aromatic rings. The number of rotatable bonds is 3. The van der Waals surface area contributed by atoms with Crippen LogP contribution >= 0.6 is 22.9 Å². The van der Waals surface area contributed by atoms with Crippen molar-refractivity contribution in [3.63, 3.8) is 0 Å². The van der Waals surface area contributed by atoms with Crippen LogP contribution in [0.1, 0.15) is 4.88 Å². The summed E-state index contributed by atoms with van der Waals surface area (Å²) < 4.78 is 40.0. The van der Waals surface area contributed by atoms with Crippen molar-refractivity contribution in [1.29, 1.82) is 0 Å². The molecule has 3 heterocycles. The van der Waals surface area contributed by atoms with Gasteiger partial charge in [0.05, 0.1) is 10.5 Å². The van der Waals surface area contributed by atoms with E-state index >= 15 is 0 Å². The van der Waals surface area contributed by atoms with Gasteiger partial charge >= 0.3 is 6.18 Å². The van der Waals surface area contributed by atoms with E-state index in [4.69, 9.17) is 11.6 Å². The molecule has 4 nitrogen and oxygen atoms in total. The first-order valence-corrected chi connectivity index (χ1v) is 8.38. The van der Waals surface area contributed by atoms with Gasteiger partial charge in [-0.25, -0.2) is 0 Å². The molecular weight excluding hydrogens is 375 g/mol. The van der Waals surface area contributed by atoms with Crippen molar-refractivity contribution in [1.82, 2.24) is 14.5 Å². The van der Waals surface area contributed by atoms with E-state index in [1.54, 1.807) is 30.9 Å². The number of fused-ring (bicyclic) bond motifs is 1. The Morgan fingerprint density at radius 1 is 1.36 bits per heavy atom. The van der Waals surface area contributed by atoms with E-state index in [1.807, 2.05) is 0 Å². The quantitative estimate of drug-likeness (QED) is 0.662. The Kier molecular flexibility index (Phi) is 4.51. The van der Waals surface area contributed by atoms with Crippen LogP contribution in [0.15, 0.2) is 30.6 Å². The molecule has 0 spiro atoms. The van der Waals surface area contributed by atoms with Gasteiger partial charge in [0, 0.05) is 36.9 Å². The molecule has 0 fully saturated rings. The van der Waals surface area contributed by atoms with Gasteiger partial charge in [-0.2, -0.15) is 13.2 Å². The molecule has 0 bridgehead atoms. The van der Waals surface area contributed by atoms with E-state index < -0.39 is 11.1 Å². The summed E-state index contributed by atoms with van der Waals surface area (Å²) in [5.41, 5.74) is 1.64. The first-order chi connectivity index (χ1) is 11.7. The van der Waals surface area contributed by atoms with Crippen molar-refractivity contribution in [2.45, 2.75) is 12.7 Å². The Morgan fingerprint density at radius 2 is 2.08 bits per heavy atom. The van der Waals surface area contributed by atoms with E-state index in [9.17, 15) is 18.0 Å². The standard InChI is InChI=1S/C16H13ClF3N3OS/c1-22(2)14(24)8-23-7-10(17)15-11(23)5-9(6-21-15)12-3-4-13(25-12)16(18,19)20/h3-7H,8H2,1-2H3. The fourth-order valence-corrected chi connectivity index (χ4v) is 3.44. The lowest BCUT2D eigenvalue weighted by Crippen LogP contribution is -2.25. The Balaban J connectivity index is 2.04. The summed E-state index contributed by atoms with van der Waals surface area (Å²) >= 11 is 6.80. The monoisotopic (exact) mass is 387 g/mol. The molecule has 132 valence electrons. The number of aromatic nitrogens is 2. The molecule has 0 atom stereocenters. The van der Waals surface area contributed by atoms with Gasteiger partial charge in [-0.05, 0) is 18.2 Å². The first kappa shape index (κ1) is 17.8. The average Bonchev–Trinajstić information content (AvgIpc) is 3.13. The number of hydrogen-bond acceptors (Lipinski definition) is 3. The summed E-state index contributed by atoms with van der Waals surface area (Å²) in [4.78, 5) is 17.4. The maximum absolute atomic E-state index is 12.8. The third kappa shape index (κ3) is 3.50. The molecule has 0 aromatic carbocycles. The predicted octanol–water partition coefficient (Wildman–Crippen LogP) is 4.53. The summed E-state index contributed by atoms with van der Waals surface area (Å²) in [6.45, 7) is 0.0690. The van der Waals surface area contributed by atoms with Crippen LogP contribution in [0.3, 0.4) is 0 Å². The molecule has 0 aliphatic heterocycles. The number of likely N-dealkylation sites (N-methyl/N-ethyl adjacent to an activating group) is 1. The number of alkyl halides is 3. The van der Waals surface area contributed by atoms with Crippen molar-refractivity contribution in [2.24, 2.45) is 0 Å². The van der Waals surface area contributed by atoms with E-state index in [2.05, 4.69) is 4.98 Å². The van der Waals surface area contributed by atoms with E-state index in [0.29, 0.717) is 37.8 Å². The summed E-state index contributed by atoms with van der Waals surface area (Å²) in [6.07, 6.45) is -1.29. The fourth-order valence-electron chi connectivity index (χ4n) is 2.32. The zero-order valence-corrected chi connectivity index (χ0v) is 14.8. The predicted molar refractivity (Wildman–Crippen MR) is 91.8 cm³/mol. The summed E-state index contributed by atoms with van der Waals surface area (Å²) in [5.74, 6) is -0.130. The smallest absolute Gasteiger partial charge is 0.347 e. The Morgan fingerprint density at radius 3 is 2.68 bits per heavy atom. The van der Waals surface area contributed by atoms with E-state index in [-0.39, 0.29) is 12.5 Å². The minimum atomic E-state index is -4.37. The highest BCUT2D eigenvalue weighted by Crippen LogP contribution is 2.39. The zero-order chi connectivity index (χ0) is 18.4. The number of carbonyl (C=O) groups excluding carboxylic acids is 1. The molecule has 0 unspecified atom stereocenters. The van der Waals surface area contributed by atoms with Crippen LogP contribution < -0.4 is 0 Å². The molecule has 0 saturated carbocycles. The topological polar surface area (TPSA) is 38.1 Å². The lowest BCUT2D eigenvalue weighted by atomic mass is 10.2. The molecule has 3 rings (SSSR count). The lowest BCUT2D eigenvalue weighted by Gasteiger charge is -2.11. The van der Waals surface area contributed by atoms with Crippen LogP contribution in [0.25, 0.3) is 21.5 Å². The van der Waals surface area contributed by atoms with Gasteiger partial charge in [-0.1, -0.05) is 11.6 Å². The van der Waals surface area contributed by atoms with Crippen LogP contribution in [-0.2, 0) is 17.5 Å². The summed E-state index contributed by atoms with van der Waals surface area (Å²) in [7, 11) is 3.28. The molecule has 0 saturated heterocycles. The second-order valence-electron chi connectivity index (χ2n) is 5.65. The molecule has 0 aliphatic carbocycles. The normalized spacial score (nSPS) is 11.9. The van der Waals surface area contributed by atoms with Crippen molar-refractivity contribution in [3.05, 3.63) is 40.5 Å². The van der Waals surface area contributed by atoms with Gasteiger partial charge in [0.15, 0.2) is 0 Å². The number of halogens is 4. The highest BCUT2D eigenvalue weighted by Gasteiger charge is 2.32. The largest absolute Gasteiger partial charge is 0.425 e. The van der Waals surface area contributed by atoms with Crippen LogP contribution in [0.4, 0.5) is 13.2 Å². The molecule has 1 amide bonds. The molecule has 9 heteroatoms. The van der Waals surface area contributed by atoms with E-state index in [0.717, 1.165) is 6.07 Å². The third-order valence-corrected chi connectivity index (χ3v) is 5.10. The zero-order valence-electron chi connectivity index (χ0n) is 13.3. The SMILES string of the molecule is CN(C)C(=O)Cn1cc(Cl)c2ncc(-c3ccc(C(F)(F)F)s3)cc21. The summed E-state index contributed by atoms with van der Waals surface area (Å²) in [6, 6.07) is 4.16. The van der Waals surface area contributed by atoms with Crippen LogP contribution in [0.5, 0.6) is 0 Å². The van der Waals surface area contributed by atoms with Crippen molar-refractivity contribution in [3.8, 4) is 10.4 Å². The molecule has 0 aliphatic rings. The van der Waals surface area contributed by atoms with Gasteiger partial charge in [-0.3, -0.25) is 9.78 Å². The van der Waals surface area contributed by atoms with Crippen molar-refractivity contribution in [2.75, 3.05) is 14.1 Å². The van der Waals surface area contributed by atoms with Gasteiger partial charge in [0.25, 0.3) is 0 Å². The maximum Gasteiger partial charge on any atom is 0.425 e. The Hall–Kier alpha value is -2.06. The lowest BCUT2D eigenvalue weighted by molar-refractivity contribution is -0.134. The molecule has 25 heavy (non-hydrogen) atoms. The molecule has 0 N–H and O–H groups in total. The number of thiophene rings is 1. The van der Waals surface area contributed by atoms with Crippen LogP contribution in [0, 0.1) is 0 Å². The second-order valence-corrected chi connectivity index (χ2v) is 7.14. The minimum absolute atomic E-state index is 0.0690. The average molecular weight is 388 g/mol. The van der Waals surface area contributed by atoms with Crippen LogP contribution in [0.2, 0.25) is 5.02 Å². The summed E-state index contributed by atoms with van der Waals surface area (Å²) in [5, 5.41) is 0.385. The number of pyridine rings is 1. The maximum atomic E-state index is 12.8. The van der Waals surface area contributed by atoms with Crippen LogP contribution in [-0.4, -0.2) is 34.5 Å². The molecular formula is C16H13ClF3N3OS. The van der Waals surface area contributed by atoms with Crippen molar-refractivity contribution < 1.29 is 18.0 Å². The number of hydrogen-bond donors (Lipinski definition) is 0. The first-order valence-electron chi connectivity index (χ1n) is 7.19. The van der Waals surface area contributed by atoms with Gasteiger partial charge in [-0.15, -0.1) is 11.3 Å². The highest BCUT2D eigenvalue weighted by atomic mass is 35.5. The van der Waals surface area contributed by atoms with Gasteiger partial charge < -0.3 is 9.47 Å². The molecule has 0 radical (unpaired) electrons. The fraction of sp³-hybridized carbons (Fsp3) is 0.250. The number of carbonyl (C=O) groups is 1. The third-order valence-electron chi connectivity index (χ3n) is 3.65. The van der Waals surface area contributed by atoms with E-state index in [1.165, 1.54) is 17.2 Å². The second kappa shape index (κ2) is 6.34. The number of nitrogens with zero attached hydrogens (tertiary/aromatic N) is 3. The number of amides is 1. The highest BCUT2D eigenvalue weighted by molar-refractivity contribution is 7.15. The van der Waals surface area contributed by atoms with Crippen molar-refractivity contribution >= 4 is 39.9 Å². The Labute approximate surface area is 150 Å². The molecule has 3 aromatic heterocycles. The van der Waals surface area contributed by atoms with Gasteiger partial charge in [0.2, 0.25) is 5.91 Å². The minimum Gasteiger partial charge on any atom is -0.347 e. The van der Waals surface area contributed by atoms with Gasteiger partial charge in [0.1, 0.15) is 16.9 Å².